The van der Waals surface area contributed by atoms with Crippen molar-refractivity contribution in [1.82, 2.24) is 5.32 Å². The third kappa shape index (κ3) is 4.60. The Kier molecular flexibility index (Phi) is 5.80. The summed E-state index contributed by atoms with van der Waals surface area (Å²) >= 11 is 0. The van der Waals surface area contributed by atoms with Crippen LogP contribution >= 0.6 is 0 Å². The summed E-state index contributed by atoms with van der Waals surface area (Å²) in [7, 11) is 1.40. The number of anilines is 1. The zero-order valence-electron chi connectivity index (χ0n) is 12.9. The summed E-state index contributed by atoms with van der Waals surface area (Å²) in [6.45, 7) is 4.35. The van der Waals surface area contributed by atoms with Crippen LogP contribution in [0.25, 0.3) is 0 Å². The molecule has 0 atom stereocenters. The van der Waals surface area contributed by atoms with Crippen molar-refractivity contribution in [3.05, 3.63) is 60.8 Å². The summed E-state index contributed by atoms with van der Waals surface area (Å²) < 4.78 is 24.2. The minimum absolute atomic E-state index is 0.0698. The minimum Gasteiger partial charge on any atom is -0.494 e. The Morgan fingerprint density at radius 2 is 2.30 bits per heavy atom. The smallest absolute Gasteiger partial charge is 0.239 e. The van der Waals surface area contributed by atoms with Crippen molar-refractivity contribution in [3.8, 4) is 5.75 Å². The highest BCUT2D eigenvalue weighted by Crippen LogP contribution is 2.24. The van der Waals surface area contributed by atoms with E-state index in [1.807, 2.05) is 0 Å². The molecule has 0 aliphatic rings. The summed E-state index contributed by atoms with van der Waals surface area (Å²) in [4.78, 5) is 13.7. The van der Waals surface area contributed by atoms with Crippen LogP contribution in [-0.2, 0) is 11.3 Å². The van der Waals surface area contributed by atoms with Crippen molar-refractivity contribution in [2.75, 3.05) is 25.1 Å². The maximum atomic E-state index is 13.9. The molecule has 0 fully saturated rings. The highest BCUT2D eigenvalue weighted by Gasteiger charge is 2.15. The third-order valence-electron chi connectivity index (χ3n) is 3.21. The molecule has 0 saturated heterocycles. The first kappa shape index (κ1) is 16.6. The molecular formula is C17H19FN2O3. The quantitative estimate of drug-likeness (QED) is 0.761. The number of furan rings is 1. The number of methoxy groups -OCH3 is 1. The Balaban J connectivity index is 2.19. The summed E-state index contributed by atoms with van der Waals surface area (Å²) in [5.74, 6) is 0.161. The van der Waals surface area contributed by atoms with Crippen LogP contribution in [0, 0.1) is 5.82 Å². The van der Waals surface area contributed by atoms with E-state index in [-0.39, 0.29) is 18.2 Å². The fourth-order valence-corrected chi connectivity index (χ4v) is 2.10. The van der Waals surface area contributed by atoms with Crippen LogP contribution in [0.15, 0.2) is 53.7 Å². The van der Waals surface area contributed by atoms with Gasteiger partial charge in [-0.15, -0.1) is 6.58 Å². The monoisotopic (exact) mass is 318 g/mol. The molecule has 6 heteroatoms. The molecular weight excluding hydrogens is 299 g/mol. The number of halogens is 1. The number of ether oxygens (including phenoxy) is 1. The number of carbonyl (C=O) groups excluding carboxylic acids is 1. The average molecular weight is 318 g/mol. The Hall–Kier alpha value is -2.76. The Labute approximate surface area is 134 Å². The lowest BCUT2D eigenvalue weighted by molar-refractivity contribution is -0.119. The molecule has 0 bridgehead atoms. The maximum Gasteiger partial charge on any atom is 0.239 e. The lowest BCUT2D eigenvalue weighted by Gasteiger charge is -2.23. The van der Waals surface area contributed by atoms with E-state index < -0.39 is 5.82 Å². The maximum absolute atomic E-state index is 13.9. The summed E-state index contributed by atoms with van der Waals surface area (Å²) in [6.07, 6.45) is 3.15. The van der Waals surface area contributed by atoms with Gasteiger partial charge in [-0.3, -0.25) is 4.79 Å². The van der Waals surface area contributed by atoms with Crippen LogP contribution in [0.2, 0.25) is 0 Å². The molecule has 1 N–H and O–H groups in total. The SMILES string of the molecule is C=CCNC(=O)CN(Cc1ccco1)c1ccc(OC)c(F)c1. The number of rotatable bonds is 8. The van der Waals surface area contributed by atoms with Crippen molar-refractivity contribution in [2.45, 2.75) is 6.54 Å². The number of hydrogen-bond acceptors (Lipinski definition) is 4. The highest BCUT2D eigenvalue weighted by molar-refractivity contribution is 5.81. The summed E-state index contributed by atoms with van der Waals surface area (Å²) in [5.41, 5.74) is 0.563. The van der Waals surface area contributed by atoms with Gasteiger partial charge in [0.25, 0.3) is 0 Å². The van der Waals surface area contributed by atoms with E-state index in [1.54, 1.807) is 35.4 Å². The number of benzene rings is 1. The number of nitrogens with one attached hydrogen (secondary N) is 1. The van der Waals surface area contributed by atoms with E-state index >= 15 is 0 Å². The molecule has 0 aliphatic carbocycles. The number of amides is 1. The normalized spacial score (nSPS) is 10.2. The van der Waals surface area contributed by atoms with E-state index in [9.17, 15) is 9.18 Å². The molecule has 0 unspecified atom stereocenters. The van der Waals surface area contributed by atoms with Gasteiger partial charge >= 0.3 is 0 Å². The summed E-state index contributed by atoms with van der Waals surface area (Å²) in [6, 6.07) is 8.13. The van der Waals surface area contributed by atoms with Gasteiger partial charge in [0.15, 0.2) is 11.6 Å². The number of hydrogen-bond donors (Lipinski definition) is 1. The molecule has 5 nitrogen and oxygen atoms in total. The fourth-order valence-electron chi connectivity index (χ4n) is 2.10. The van der Waals surface area contributed by atoms with Gasteiger partial charge in [0.05, 0.1) is 26.5 Å². The lowest BCUT2D eigenvalue weighted by Crippen LogP contribution is -2.37. The van der Waals surface area contributed by atoms with E-state index in [0.717, 1.165) is 0 Å². The molecule has 122 valence electrons. The second-order valence-corrected chi connectivity index (χ2v) is 4.85. The van der Waals surface area contributed by atoms with E-state index in [0.29, 0.717) is 24.5 Å². The van der Waals surface area contributed by atoms with Crippen LogP contribution in [-0.4, -0.2) is 26.1 Å². The zero-order chi connectivity index (χ0) is 16.7. The second-order valence-electron chi connectivity index (χ2n) is 4.85. The standard InChI is InChI=1S/C17H19FN2O3/c1-3-8-19-17(21)12-20(11-14-5-4-9-23-14)13-6-7-16(22-2)15(18)10-13/h3-7,9-10H,1,8,11-12H2,2H3,(H,19,21). The summed E-state index contributed by atoms with van der Waals surface area (Å²) in [5, 5.41) is 2.70. The van der Waals surface area contributed by atoms with E-state index in [4.69, 9.17) is 9.15 Å². The average Bonchev–Trinajstić information content (AvgIpc) is 3.05. The van der Waals surface area contributed by atoms with Crippen LogP contribution < -0.4 is 15.0 Å². The van der Waals surface area contributed by atoms with Gasteiger partial charge in [0.2, 0.25) is 5.91 Å². The van der Waals surface area contributed by atoms with Crippen LogP contribution in [0.1, 0.15) is 5.76 Å². The van der Waals surface area contributed by atoms with Crippen molar-refractivity contribution in [3.63, 3.8) is 0 Å². The predicted octanol–water partition coefficient (Wildman–Crippen LogP) is 2.74. The number of carbonyl (C=O) groups is 1. The molecule has 0 spiro atoms. The fraction of sp³-hybridized carbons (Fsp3) is 0.235. The first-order chi connectivity index (χ1) is 11.1. The molecule has 1 aromatic heterocycles. The molecule has 0 aliphatic heterocycles. The van der Waals surface area contributed by atoms with Gasteiger partial charge in [-0.05, 0) is 24.3 Å². The van der Waals surface area contributed by atoms with Crippen LogP contribution in [0.5, 0.6) is 5.75 Å². The van der Waals surface area contributed by atoms with Crippen molar-refractivity contribution >= 4 is 11.6 Å². The van der Waals surface area contributed by atoms with Gasteiger partial charge in [-0.2, -0.15) is 0 Å². The molecule has 2 aromatic rings. The third-order valence-corrected chi connectivity index (χ3v) is 3.21. The highest BCUT2D eigenvalue weighted by atomic mass is 19.1. The molecule has 0 radical (unpaired) electrons. The topological polar surface area (TPSA) is 54.7 Å². The van der Waals surface area contributed by atoms with Crippen molar-refractivity contribution < 1.29 is 18.3 Å². The van der Waals surface area contributed by atoms with Crippen molar-refractivity contribution in [1.29, 1.82) is 0 Å². The first-order valence-electron chi connectivity index (χ1n) is 7.12. The van der Waals surface area contributed by atoms with E-state index in [2.05, 4.69) is 11.9 Å². The Morgan fingerprint density at radius 3 is 2.91 bits per heavy atom. The van der Waals surface area contributed by atoms with Gasteiger partial charge < -0.3 is 19.4 Å². The number of nitrogens with zero attached hydrogens (tertiary/aromatic N) is 1. The lowest BCUT2D eigenvalue weighted by atomic mass is 10.2. The van der Waals surface area contributed by atoms with Gasteiger partial charge in [0.1, 0.15) is 5.76 Å². The molecule has 1 aromatic carbocycles. The zero-order valence-corrected chi connectivity index (χ0v) is 12.9. The molecule has 0 saturated carbocycles. The van der Waals surface area contributed by atoms with Crippen LogP contribution in [0.3, 0.4) is 0 Å². The van der Waals surface area contributed by atoms with Crippen molar-refractivity contribution in [2.24, 2.45) is 0 Å². The Morgan fingerprint density at radius 1 is 1.48 bits per heavy atom. The first-order valence-corrected chi connectivity index (χ1v) is 7.12. The Bertz CT molecular complexity index is 656. The minimum atomic E-state index is -0.485. The molecule has 23 heavy (non-hydrogen) atoms. The van der Waals surface area contributed by atoms with E-state index in [1.165, 1.54) is 19.2 Å². The van der Waals surface area contributed by atoms with Crippen LogP contribution in [0.4, 0.5) is 10.1 Å². The molecule has 2 rings (SSSR count). The van der Waals surface area contributed by atoms with Gasteiger partial charge in [0, 0.05) is 18.3 Å². The largest absolute Gasteiger partial charge is 0.494 e. The van der Waals surface area contributed by atoms with Gasteiger partial charge in [-0.1, -0.05) is 6.08 Å². The predicted molar refractivity (Wildman–Crippen MR) is 85.9 cm³/mol. The molecule has 1 heterocycles. The second kappa shape index (κ2) is 8.03. The van der Waals surface area contributed by atoms with Gasteiger partial charge in [-0.25, -0.2) is 4.39 Å². The molecule has 1 amide bonds.